The summed E-state index contributed by atoms with van der Waals surface area (Å²) in [5, 5.41) is 4.32. The van der Waals surface area contributed by atoms with Gasteiger partial charge in [-0.05, 0) is 24.6 Å². The molecule has 2 aromatic heterocycles. The van der Waals surface area contributed by atoms with Crippen molar-refractivity contribution in [2.75, 3.05) is 13.7 Å². The van der Waals surface area contributed by atoms with Crippen molar-refractivity contribution in [3.05, 3.63) is 42.0 Å². The third-order valence-corrected chi connectivity index (χ3v) is 4.03. The number of amides is 1. The van der Waals surface area contributed by atoms with E-state index in [1.165, 1.54) is 0 Å². The highest BCUT2D eigenvalue weighted by Crippen LogP contribution is 2.20. The van der Waals surface area contributed by atoms with Gasteiger partial charge in [-0.3, -0.25) is 9.48 Å². The number of fused-ring (bicyclic) bond motifs is 1. The molecule has 1 aliphatic heterocycles. The summed E-state index contributed by atoms with van der Waals surface area (Å²) in [4.78, 5) is 14.8. The Labute approximate surface area is 123 Å². The van der Waals surface area contributed by atoms with Crippen LogP contribution in [-0.4, -0.2) is 44.9 Å². The molecule has 1 amide bonds. The Bertz CT molecular complexity index is 631. The lowest BCUT2D eigenvalue weighted by molar-refractivity contribution is 0.0494. The summed E-state index contributed by atoms with van der Waals surface area (Å²) in [5.41, 5.74) is 1.76. The molecule has 0 saturated carbocycles. The predicted octanol–water partition coefficient (Wildman–Crippen LogP) is 1.28. The van der Waals surface area contributed by atoms with Crippen molar-refractivity contribution in [3.8, 4) is 0 Å². The van der Waals surface area contributed by atoms with Crippen molar-refractivity contribution >= 4 is 5.91 Å². The van der Waals surface area contributed by atoms with Gasteiger partial charge in [0.25, 0.3) is 5.91 Å². The molecule has 0 N–H and O–H groups in total. The van der Waals surface area contributed by atoms with Gasteiger partial charge in [0.15, 0.2) is 0 Å². The summed E-state index contributed by atoms with van der Waals surface area (Å²) in [5.74, 6) is 0.0409. The van der Waals surface area contributed by atoms with Crippen LogP contribution in [0, 0.1) is 0 Å². The molecular formula is C15H20N4O2. The molecule has 6 heteroatoms. The number of nitrogens with zero attached hydrogens (tertiary/aromatic N) is 4. The molecule has 21 heavy (non-hydrogen) atoms. The SMILES string of the molecule is COCC1CCn2nccc2CN1C(=O)c1cccn1C. The van der Waals surface area contributed by atoms with E-state index in [2.05, 4.69) is 5.10 Å². The summed E-state index contributed by atoms with van der Waals surface area (Å²) < 4.78 is 9.14. The van der Waals surface area contributed by atoms with E-state index in [-0.39, 0.29) is 11.9 Å². The van der Waals surface area contributed by atoms with E-state index in [4.69, 9.17) is 4.74 Å². The van der Waals surface area contributed by atoms with Crippen molar-refractivity contribution in [2.45, 2.75) is 25.6 Å². The first-order chi connectivity index (χ1) is 10.2. The Morgan fingerprint density at radius 2 is 2.33 bits per heavy atom. The average Bonchev–Trinajstić information content (AvgIpc) is 3.06. The number of ether oxygens (including phenoxy) is 1. The van der Waals surface area contributed by atoms with E-state index in [0.717, 1.165) is 18.7 Å². The molecule has 0 bridgehead atoms. The standard InChI is InChI=1S/C15H20N4O2/c1-17-8-3-4-14(17)15(20)18-10-12-5-7-16-19(12)9-6-13(18)11-21-2/h3-5,7-8,13H,6,9-11H2,1-2H3. The van der Waals surface area contributed by atoms with Gasteiger partial charge in [-0.25, -0.2) is 0 Å². The van der Waals surface area contributed by atoms with Crippen molar-refractivity contribution < 1.29 is 9.53 Å². The van der Waals surface area contributed by atoms with E-state index < -0.39 is 0 Å². The van der Waals surface area contributed by atoms with Gasteiger partial charge < -0.3 is 14.2 Å². The smallest absolute Gasteiger partial charge is 0.271 e. The minimum atomic E-state index is 0.0409. The number of carbonyl (C=O) groups is 1. The monoisotopic (exact) mass is 288 g/mol. The second-order valence-corrected chi connectivity index (χ2v) is 5.38. The van der Waals surface area contributed by atoms with Gasteiger partial charge in [0, 0.05) is 33.1 Å². The summed E-state index contributed by atoms with van der Waals surface area (Å²) in [6, 6.07) is 5.79. The molecule has 0 spiro atoms. The van der Waals surface area contributed by atoms with Gasteiger partial charge in [-0.15, -0.1) is 0 Å². The van der Waals surface area contributed by atoms with Gasteiger partial charge in [0.05, 0.1) is 24.9 Å². The zero-order chi connectivity index (χ0) is 14.8. The molecule has 3 rings (SSSR count). The maximum Gasteiger partial charge on any atom is 0.271 e. The van der Waals surface area contributed by atoms with Gasteiger partial charge in [0.1, 0.15) is 5.69 Å². The molecule has 0 aromatic carbocycles. The fraction of sp³-hybridized carbons (Fsp3) is 0.467. The predicted molar refractivity (Wildman–Crippen MR) is 77.8 cm³/mol. The minimum absolute atomic E-state index is 0.0409. The molecule has 1 unspecified atom stereocenters. The van der Waals surface area contributed by atoms with Crippen molar-refractivity contribution in [3.63, 3.8) is 0 Å². The molecule has 0 saturated heterocycles. The van der Waals surface area contributed by atoms with Crippen LogP contribution in [0.5, 0.6) is 0 Å². The highest BCUT2D eigenvalue weighted by molar-refractivity contribution is 5.93. The number of hydrogen-bond acceptors (Lipinski definition) is 3. The molecule has 3 heterocycles. The molecular weight excluding hydrogens is 268 g/mol. The first kappa shape index (κ1) is 13.9. The number of carbonyl (C=O) groups excluding carboxylic acids is 1. The topological polar surface area (TPSA) is 52.3 Å². The van der Waals surface area contributed by atoms with Crippen LogP contribution < -0.4 is 0 Å². The van der Waals surface area contributed by atoms with Crippen LogP contribution in [-0.2, 0) is 24.9 Å². The van der Waals surface area contributed by atoms with Gasteiger partial charge in [-0.1, -0.05) is 0 Å². The summed E-state index contributed by atoms with van der Waals surface area (Å²) in [7, 11) is 3.56. The number of rotatable bonds is 3. The van der Waals surface area contributed by atoms with Crippen molar-refractivity contribution in [2.24, 2.45) is 7.05 Å². The van der Waals surface area contributed by atoms with E-state index in [1.807, 2.05) is 45.6 Å². The van der Waals surface area contributed by atoms with Crippen molar-refractivity contribution in [1.29, 1.82) is 0 Å². The van der Waals surface area contributed by atoms with Crippen LogP contribution >= 0.6 is 0 Å². The molecule has 1 atom stereocenters. The maximum atomic E-state index is 12.9. The summed E-state index contributed by atoms with van der Waals surface area (Å²) in [6.45, 7) is 1.92. The molecule has 1 aliphatic rings. The zero-order valence-electron chi connectivity index (χ0n) is 12.4. The highest BCUT2D eigenvalue weighted by Gasteiger charge is 2.29. The highest BCUT2D eigenvalue weighted by atomic mass is 16.5. The first-order valence-corrected chi connectivity index (χ1v) is 7.12. The van der Waals surface area contributed by atoms with E-state index in [0.29, 0.717) is 18.8 Å². The molecule has 0 radical (unpaired) electrons. The Morgan fingerprint density at radius 1 is 1.48 bits per heavy atom. The van der Waals surface area contributed by atoms with Crippen LogP contribution in [0.25, 0.3) is 0 Å². The number of hydrogen-bond donors (Lipinski definition) is 0. The molecule has 0 aliphatic carbocycles. The van der Waals surface area contributed by atoms with E-state index >= 15 is 0 Å². The van der Waals surface area contributed by atoms with Crippen LogP contribution in [0.2, 0.25) is 0 Å². The maximum absolute atomic E-state index is 12.9. The van der Waals surface area contributed by atoms with Crippen LogP contribution in [0.1, 0.15) is 22.6 Å². The lowest BCUT2D eigenvalue weighted by Crippen LogP contribution is -2.42. The number of aromatic nitrogens is 3. The second-order valence-electron chi connectivity index (χ2n) is 5.38. The zero-order valence-corrected chi connectivity index (χ0v) is 12.4. The Hall–Kier alpha value is -2.08. The van der Waals surface area contributed by atoms with E-state index in [9.17, 15) is 4.79 Å². The van der Waals surface area contributed by atoms with Gasteiger partial charge >= 0.3 is 0 Å². The summed E-state index contributed by atoms with van der Waals surface area (Å²) >= 11 is 0. The fourth-order valence-electron chi connectivity index (χ4n) is 2.86. The quantitative estimate of drug-likeness (QED) is 0.855. The van der Waals surface area contributed by atoms with Crippen LogP contribution in [0.4, 0.5) is 0 Å². The van der Waals surface area contributed by atoms with Gasteiger partial charge in [-0.2, -0.15) is 5.10 Å². The fourth-order valence-corrected chi connectivity index (χ4v) is 2.86. The minimum Gasteiger partial charge on any atom is -0.383 e. The van der Waals surface area contributed by atoms with Gasteiger partial charge in [0.2, 0.25) is 0 Å². The third kappa shape index (κ3) is 2.58. The third-order valence-electron chi connectivity index (χ3n) is 4.03. The number of aryl methyl sites for hydroxylation is 2. The lowest BCUT2D eigenvalue weighted by Gasteiger charge is -2.29. The van der Waals surface area contributed by atoms with Crippen molar-refractivity contribution in [1.82, 2.24) is 19.2 Å². The largest absolute Gasteiger partial charge is 0.383 e. The molecule has 6 nitrogen and oxygen atoms in total. The number of methoxy groups -OCH3 is 1. The Balaban J connectivity index is 1.91. The normalized spacial score (nSPS) is 18.4. The summed E-state index contributed by atoms with van der Waals surface area (Å²) in [6.07, 6.45) is 4.52. The first-order valence-electron chi connectivity index (χ1n) is 7.12. The molecule has 112 valence electrons. The van der Waals surface area contributed by atoms with Crippen LogP contribution in [0.3, 0.4) is 0 Å². The molecule has 2 aromatic rings. The van der Waals surface area contributed by atoms with E-state index in [1.54, 1.807) is 13.3 Å². The Morgan fingerprint density at radius 3 is 3.05 bits per heavy atom. The molecule has 0 fully saturated rings. The van der Waals surface area contributed by atoms with Crippen LogP contribution in [0.15, 0.2) is 30.6 Å². The Kier molecular flexibility index (Phi) is 3.79. The average molecular weight is 288 g/mol. The second kappa shape index (κ2) is 5.73. The lowest BCUT2D eigenvalue weighted by atomic mass is 10.1.